The highest BCUT2D eigenvalue weighted by Crippen LogP contribution is 2.41. The van der Waals surface area contributed by atoms with Gasteiger partial charge >= 0.3 is 0 Å². The predicted molar refractivity (Wildman–Crippen MR) is 110 cm³/mol. The molecule has 27 heavy (non-hydrogen) atoms. The van der Waals surface area contributed by atoms with Crippen LogP contribution in [0.15, 0.2) is 12.1 Å². The maximum Gasteiger partial charge on any atom is 0.251 e. The van der Waals surface area contributed by atoms with Crippen molar-refractivity contribution in [1.29, 1.82) is 0 Å². The zero-order chi connectivity index (χ0) is 19.0. The molecule has 8 heteroatoms. The van der Waals surface area contributed by atoms with Crippen LogP contribution in [-0.4, -0.2) is 25.1 Å². The van der Waals surface area contributed by atoms with Crippen molar-refractivity contribution in [2.24, 2.45) is 5.73 Å². The standard InChI is InChI=1S/C19H21N3O3S2/c1-24-10-8-12(25-2)16-14(9-10)27-19(21-16)22-18-15(17(20)23)11-6-4-3-5-7-13(11)26-18/h8-9H,3-7H2,1-2H3,(H2,20,23)(H,21,22). The molecule has 1 aromatic carbocycles. The molecule has 0 fully saturated rings. The van der Waals surface area contributed by atoms with E-state index >= 15 is 0 Å². The quantitative estimate of drug-likeness (QED) is 0.613. The Kier molecular flexibility index (Phi) is 4.92. The van der Waals surface area contributed by atoms with Crippen molar-refractivity contribution in [1.82, 2.24) is 4.98 Å². The molecule has 3 N–H and O–H groups in total. The number of thiophene rings is 1. The van der Waals surface area contributed by atoms with Gasteiger partial charge in [-0.1, -0.05) is 17.8 Å². The Morgan fingerprint density at radius 2 is 1.96 bits per heavy atom. The number of rotatable bonds is 5. The van der Waals surface area contributed by atoms with Crippen LogP contribution in [0, 0.1) is 0 Å². The lowest BCUT2D eigenvalue weighted by Gasteiger charge is -2.04. The minimum atomic E-state index is -0.378. The zero-order valence-electron chi connectivity index (χ0n) is 15.3. The number of nitrogens with two attached hydrogens (primary N) is 1. The molecule has 4 rings (SSSR count). The fourth-order valence-corrected chi connectivity index (χ4v) is 5.76. The average Bonchev–Trinajstić information content (AvgIpc) is 3.13. The second-order valence-corrected chi connectivity index (χ2v) is 8.59. The maximum atomic E-state index is 12.1. The van der Waals surface area contributed by atoms with Gasteiger partial charge in [0.2, 0.25) is 0 Å². The second kappa shape index (κ2) is 7.36. The van der Waals surface area contributed by atoms with Crippen LogP contribution >= 0.6 is 22.7 Å². The summed E-state index contributed by atoms with van der Waals surface area (Å²) in [6.07, 6.45) is 5.37. The molecule has 0 aliphatic heterocycles. The normalized spacial score (nSPS) is 13.9. The molecule has 0 spiro atoms. The molecule has 1 amide bonds. The molecule has 6 nitrogen and oxygen atoms in total. The molecule has 0 bridgehead atoms. The Bertz CT molecular complexity index is 1010. The molecule has 142 valence electrons. The maximum absolute atomic E-state index is 12.1. The molecular formula is C19H21N3O3S2. The van der Waals surface area contributed by atoms with Gasteiger partial charge in [0.1, 0.15) is 22.0 Å². The fraction of sp³-hybridized carbons (Fsp3) is 0.368. The number of carbonyl (C=O) groups excluding carboxylic acids is 1. The van der Waals surface area contributed by atoms with Gasteiger partial charge in [-0.25, -0.2) is 4.98 Å². The lowest BCUT2D eigenvalue weighted by Crippen LogP contribution is -2.14. The number of nitrogens with one attached hydrogen (secondary N) is 1. The summed E-state index contributed by atoms with van der Waals surface area (Å²) >= 11 is 3.12. The number of primary amides is 1. The van der Waals surface area contributed by atoms with E-state index in [-0.39, 0.29) is 5.91 Å². The minimum absolute atomic E-state index is 0.378. The molecule has 0 saturated heterocycles. The summed E-state index contributed by atoms with van der Waals surface area (Å²) in [7, 11) is 3.24. The van der Waals surface area contributed by atoms with Crippen LogP contribution in [0.1, 0.15) is 40.1 Å². The summed E-state index contributed by atoms with van der Waals surface area (Å²) in [5, 5.41) is 4.83. The summed E-state index contributed by atoms with van der Waals surface area (Å²) < 4.78 is 11.7. The Balaban J connectivity index is 1.75. The first-order valence-corrected chi connectivity index (χ1v) is 10.5. The van der Waals surface area contributed by atoms with Crippen molar-refractivity contribution >= 4 is 48.9 Å². The number of hydrogen-bond donors (Lipinski definition) is 2. The molecule has 0 radical (unpaired) electrons. The monoisotopic (exact) mass is 403 g/mol. The van der Waals surface area contributed by atoms with Gasteiger partial charge in [0, 0.05) is 10.9 Å². The van der Waals surface area contributed by atoms with Crippen molar-refractivity contribution in [3.8, 4) is 11.5 Å². The van der Waals surface area contributed by atoms with E-state index in [0.717, 1.165) is 52.2 Å². The lowest BCUT2D eigenvalue weighted by atomic mass is 10.1. The van der Waals surface area contributed by atoms with Gasteiger partial charge in [0.05, 0.1) is 24.5 Å². The average molecular weight is 404 g/mol. The third-order valence-corrected chi connectivity index (χ3v) is 6.90. The number of methoxy groups -OCH3 is 2. The van der Waals surface area contributed by atoms with E-state index in [4.69, 9.17) is 15.2 Å². The number of thiazole rings is 1. The molecule has 1 aliphatic rings. The van der Waals surface area contributed by atoms with Crippen LogP contribution in [0.4, 0.5) is 10.1 Å². The van der Waals surface area contributed by atoms with Gasteiger partial charge in [-0.2, -0.15) is 0 Å². The highest BCUT2D eigenvalue weighted by Gasteiger charge is 2.24. The third-order valence-electron chi connectivity index (χ3n) is 4.78. The Hall–Kier alpha value is -2.32. The predicted octanol–water partition coefficient (Wildman–Crippen LogP) is 4.49. The minimum Gasteiger partial charge on any atom is -0.497 e. The lowest BCUT2D eigenvalue weighted by molar-refractivity contribution is 0.100. The van der Waals surface area contributed by atoms with E-state index in [0.29, 0.717) is 16.4 Å². The topological polar surface area (TPSA) is 86.5 Å². The summed E-state index contributed by atoms with van der Waals surface area (Å²) in [4.78, 5) is 18.1. The Labute approximate surface area is 165 Å². The van der Waals surface area contributed by atoms with Crippen LogP contribution in [0.25, 0.3) is 10.2 Å². The number of benzene rings is 1. The van der Waals surface area contributed by atoms with Crippen molar-refractivity contribution in [3.63, 3.8) is 0 Å². The molecule has 0 saturated carbocycles. The van der Waals surface area contributed by atoms with E-state index in [9.17, 15) is 4.79 Å². The second-order valence-electron chi connectivity index (χ2n) is 6.45. The number of aryl methyl sites for hydroxylation is 1. The van der Waals surface area contributed by atoms with Crippen LogP contribution in [0.2, 0.25) is 0 Å². The van der Waals surface area contributed by atoms with Gasteiger partial charge < -0.3 is 20.5 Å². The summed E-state index contributed by atoms with van der Waals surface area (Å²) in [6, 6.07) is 3.74. The van der Waals surface area contributed by atoms with Gasteiger partial charge in [-0.15, -0.1) is 11.3 Å². The molecule has 2 heterocycles. The number of amides is 1. The molecule has 0 unspecified atom stereocenters. The number of hydrogen-bond acceptors (Lipinski definition) is 7. The largest absolute Gasteiger partial charge is 0.497 e. The van der Waals surface area contributed by atoms with E-state index in [2.05, 4.69) is 10.3 Å². The van der Waals surface area contributed by atoms with Crippen molar-refractivity contribution in [3.05, 3.63) is 28.1 Å². The summed E-state index contributed by atoms with van der Waals surface area (Å²) in [5.41, 5.74) is 8.23. The highest BCUT2D eigenvalue weighted by atomic mass is 32.1. The fourth-order valence-electron chi connectivity index (χ4n) is 3.49. The number of carbonyl (C=O) groups is 1. The van der Waals surface area contributed by atoms with Crippen molar-refractivity contribution in [2.75, 3.05) is 19.5 Å². The first-order chi connectivity index (χ1) is 13.1. The third kappa shape index (κ3) is 3.35. The van der Waals surface area contributed by atoms with Gasteiger partial charge in [0.15, 0.2) is 5.13 Å². The number of anilines is 2. The Morgan fingerprint density at radius 3 is 2.70 bits per heavy atom. The molecular weight excluding hydrogens is 382 g/mol. The number of nitrogens with zero attached hydrogens (tertiary/aromatic N) is 1. The van der Waals surface area contributed by atoms with Gasteiger partial charge in [-0.05, 0) is 37.3 Å². The SMILES string of the molecule is COc1cc(OC)c2nc(Nc3sc4c(c3C(N)=O)CCCCC4)sc2c1. The number of fused-ring (bicyclic) bond motifs is 2. The molecule has 3 aromatic rings. The van der Waals surface area contributed by atoms with E-state index in [1.807, 2.05) is 12.1 Å². The zero-order valence-corrected chi connectivity index (χ0v) is 16.9. The van der Waals surface area contributed by atoms with Crippen LogP contribution < -0.4 is 20.5 Å². The van der Waals surface area contributed by atoms with Gasteiger partial charge in [0.25, 0.3) is 5.91 Å². The molecule has 1 aliphatic carbocycles. The van der Waals surface area contributed by atoms with E-state index in [1.165, 1.54) is 22.6 Å². The van der Waals surface area contributed by atoms with Gasteiger partial charge in [-0.3, -0.25) is 4.79 Å². The first kappa shape index (κ1) is 18.1. The van der Waals surface area contributed by atoms with Crippen LogP contribution in [0.5, 0.6) is 11.5 Å². The van der Waals surface area contributed by atoms with E-state index in [1.54, 1.807) is 25.6 Å². The Morgan fingerprint density at radius 1 is 1.15 bits per heavy atom. The van der Waals surface area contributed by atoms with E-state index < -0.39 is 0 Å². The first-order valence-electron chi connectivity index (χ1n) is 8.84. The number of aromatic nitrogens is 1. The van der Waals surface area contributed by atoms with Crippen LogP contribution in [-0.2, 0) is 12.8 Å². The smallest absolute Gasteiger partial charge is 0.251 e. The summed E-state index contributed by atoms with van der Waals surface area (Å²) in [6.45, 7) is 0. The highest BCUT2D eigenvalue weighted by molar-refractivity contribution is 7.23. The van der Waals surface area contributed by atoms with Crippen molar-refractivity contribution in [2.45, 2.75) is 32.1 Å². The number of ether oxygens (including phenoxy) is 2. The van der Waals surface area contributed by atoms with Crippen LogP contribution in [0.3, 0.4) is 0 Å². The molecule has 0 atom stereocenters. The molecule has 2 aromatic heterocycles. The summed E-state index contributed by atoms with van der Waals surface area (Å²) in [5.74, 6) is 0.998. The van der Waals surface area contributed by atoms with Crippen molar-refractivity contribution < 1.29 is 14.3 Å².